The second kappa shape index (κ2) is 5.98. The Morgan fingerprint density at radius 1 is 1.36 bits per heavy atom. The topological polar surface area (TPSA) is 55.8 Å². The van der Waals surface area contributed by atoms with Crippen LogP contribution in [0.5, 0.6) is 0 Å². The van der Waals surface area contributed by atoms with E-state index in [1.165, 1.54) is 0 Å². The van der Waals surface area contributed by atoms with Crippen molar-refractivity contribution in [2.24, 2.45) is 0 Å². The largest absolute Gasteiger partial charge is 0.481 e. The first-order valence-corrected chi connectivity index (χ1v) is 4.78. The molecular weight excluding hydrogens is 184 g/mol. The average Bonchev–Trinajstić information content (AvgIpc) is 1.95. The van der Waals surface area contributed by atoms with Crippen molar-refractivity contribution < 1.29 is 19.4 Å². The van der Waals surface area contributed by atoms with Crippen molar-refractivity contribution in [3.63, 3.8) is 0 Å². The predicted molar refractivity (Wildman–Crippen MR) is 53.4 cm³/mol. The molecule has 0 radical (unpaired) electrons. The zero-order valence-electron chi connectivity index (χ0n) is 9.37. The smallest absolute Gasteiger partial charge is 0.305 e. The highest BCUT2D eigenvalue weighted by Crippen LogP contribution is 2.06. The van der Waals surface area contributed by atoms with Crippen LogP contribution in [0.1, 0.15) is 34.1 Å². The van der Waals surface area contributed by atoms with E-state index in [1.807, 2.05) is 20.8 Å². The number of carboxylic acids is 1. The summed E-state index contributed by atoms with van der Waals surface area (Å²) in [5.41, 5.74) is -0.167. The van der Waals surface area contributed by atoms with Gasteiger partial charge in [-0.1, -0.05) is 0 Å². The third-order valence-electron chi connectivity index (χ3n) is 1.48. The fourth-order valence-electron chi connectivity index (χ4n) is 0.902. The molecule has 14 heavy (non-hydrogen) atoms. The summed E-state index contributed by atoms with van der Waals surface area (Å²) in [5.74, 6) is -0.839. The molecule has 0 amide bonds. The zero-order valence-corrected chi connectivity index (χ0v) is 9.37. The minimum Gasteiger partial charge on any atom is -0.481 e. The average molecular weight is 204 g/mol. The van der Waals surface area contributed by atoms with Gasteiger partial charge in [-0.25, -0.2) is 0 Å². The van der Waals surface area contributed by atoms with Gasteiger partial charge < -0.3 is 14.6 Å². The van der Waals surface area contributed by atoms with Gasteiger partial charge in [-0.3, -0.25) is 4.79 Å². The lowest BCUT2D eigenvalue weighted by atomic mass is 10.2. The molecule has 0 fully saturated rings. The van der Waals surface area contributed by atoms with Crippen LogP contribution < -0.4 is 0 Å². The van der Waals surface area contributed by atoms with Gasteiger partial charge in [0.25, 0.3) is 0 Å². The fourth-order valence-corrected chi connectivity index (χ4v) is 0.902. The van der Waals surface area contributed by atoms with Gasteiger partial charge in [-0.15, -0.1) is 0 Å². The minimum absolute atomic E-state index is 0.0372. The van der Waals surface area contributed by atoms with Gasteiger partial charge in [0.15, 0.2) is 0 Å². The van der Waals surface area contributed by atoms with Crippen LogP contribution >= 0.6 is 0 Å². The molecule has 0 bridgehead atoms. The fraction of sp³-hybridized carbons (Fsp3) is 0.900. The summed E-state index contributed by atoms with van der Waals surface area (Å²) in [7, 11) is 0. The molecule has 1 atom stereocenters. The van der Waals surface area contributed by atoms with Crippen LogP contribution in [0.3, 0.4) is 0 Å². The molecule has 0 aromatic rings. The highest BCUT2D eigenvalue weighted by molar-refractivity contribution is 5.67. The summed E-state index contributed by atoms with van der Waals surface area (Å²) in [5, 5.41) is 8.46. The molecule has 0 aromatic carbocycles. The minimum atomic E-state index is -0.839. The van der Waals surface area contributed by atoms with E-state index in [0.717, 1.165) is 0 Å². The van der Waals surface area contributed by atoms with E-state index in [2.05, 4.69) is 0 Å². The number of carbonyl (C=O) groups is 1. The number of rotatable bonds is 6. The molecule has 0 aromatic heterocycles. The van der Waals surface area contributed by atoms with Crippen molar-refractivity contribution in [2.75, 3.05) is 13.2 Å². The summed E-state index contributed by atoms with van der Waals surface area (Å²) < 4.78 is 10.7. The lowest BCUT2D eigenvalue weighted by Gasteiger charge is -2.20. The maximum Gasteiger partial charge on any atom is 0.305 e. The molecule has 4 heteroatoms. The van der Waals surface area contributed by atoms with Crippen molar-refractivity contribution in [1.29, 1.82) is 0 Å². The molecule has 1 N–H and O–H groups in total. The van der Waals surface area contributed by atoms with Gasteiger partial charge in [-0.05, 0) is 27.7 Å². The quantitative estimate of drug-likeness (QED) is 0.669. The van der Waals surface area contributed by atoms with Crippen LogP contribution in [0.2, 0.25) is 0 Å². The second-order valence-electron chi connectivity index (χ2n) is 4.24. The number of aliphatic carboxylic acids is 1. The normalized spacial score (nSPS) is 14.0. The first kappa shape index (κ1) is 13.4. The molecule has 0 spiro atoms. The second-order valence-corrected chi connectivity index (χ2v) is 4.24. The zero-order chi connectivity index (χ0) is 11.2. The van der Waals surface area contributed by atoms with Gasteiger partial charge in [0.05, 0.1) is 31.3 Å². The number of hydrogen-bond donors (Lipinski definition) is 1. The summed E-state index contributed by atoms with van der Waals surface area (Å²) in [4.78, 5) is 10.3. The van der Waals surface area contributed by atoms with Crippen LogP contribution in [0, 0.1) is 0 Å². The Kier molecular flexibility index (Phi) is 5.72. The van der Waals surface area contributed by atoms with Crippen LogP contribution in [0.15, 0.2) is 0 Å². The molecular formula is C10H20O4. The van der Waals surface area contributed by atoms with Gasteiger partial charge in [0.1, 0.15) is 0 Å². The van der Waals surface area contributed by atoms with Gasteiger partial charge in [0.2, 0.25) is 0 Å². The molecule has 0 aliphatic rings. The molecule has 0 heterocycles. The summed E-state index contributed by atoms with van der Waals surface area (Å²) in [6.07, 6.45) is -0.216. The third kappa shape index (κ3) is 9.48. The van der Waals surface area contributed by atoms with E-state index in [0.29, 0.717) is 13.2 Å². The Hall–Kier alpha value is -0.610. The Morgan fingerprint density at radius 3 is 2.36 bits per heavy atom. The van der Waals surface area contributed by atoms with Crippen LogP contribution in [0.4, 0.5) is 0 Å². The highest BCUT2D eigenvalue weighted by atomic mass is 16.5. The van der Waals surface area contributed by atoms with Crippen molar-refractivity contribution in [3.8, 4) is 0 Å². The first-order valence-electron chi connectivity index (χ1n) is 4.78. The van der Waals surface area contributed by atoms with Crippen molar-refractivity contribution in [3.05, 3.63) is 0 Å². The lowest BCUT2D eigenvalue weighted by molar-refractivity contribution is -0.140. The number of carboxylic acid groups (broad SMARTS) is 1. The van der Waals surface area contributed by atoms with Gasteiger partial charge >= 0.3 is 5.97 Å². The van der Waals surface area contributed by atoms with Crippen LogP contribution in [-0.4, -0.2) is 36.0 Å². The van der Waals surface area contributed by atoms with E-state index < -0.39 is 5.97 Å². The SMILES string of the molecule is C[C@@H](CC(=O)O)OCCOC(C)(C)C. The third-order valence-corrected chi connectivity index (χ3v) is 1.48. The summed E-state index contributed by atoms with van der Waals surface area (Å²) >= 11 is 0. The Bertz CT molecular complexity index is 171. The monoisotopic (exact) mass is 204 g/mol. The summed E-state index contributed by atoms with van der Waals surface area (Å²) in [6.45, 7) is 8.57. The van der Waals surface area contributed by atoms with E-state index in [4.69, 9.17) is 14.6 Å². The Morgan fingerprint density at radius 2 is 1.93 bits per heavy atom. The molecule has 0 aliphatic carbocycles. The molecule has 4 nitrogen and oxygen atoms in total. The van der Waals surface area contributed by atoms with Crippen molar-refractivity contribution in [2.45, 2.75) is 45.8 Å². The van der Waals surface area contributed by atoms with E-state index in [1.54, 1.807) is 6.92 Å². The lowest BCUT2D eigenvalue weighted by Crippen LogP contribution is -2.23. The standard InChI is InChI=1S/C10H20O4/c1-8(7-9(11)12)13-5-6-14-10(2,3)4/h8H,5-7H2,1-4H3,(H,11,12)/t8-/m0/s1. The number of hydrogen-bond acceptors (Lipinski definition) is 3. The van der Waals surface area contributed by atoms with Crippen LogP contribution in [0.25, 0.3) is 0 Å². The summed E-state index contributed by atoms with van der Waals surface area (Å²) in [6, 6.07) is 0. The van der Waals surface area contributed by atoms with Gasteiger partial charge in [0, 0.05) is 0 Å². The first-order chi connectivity index (χ1) is 6.31. The Balaban J connectivity index is 3.41. The highest BCUT2D eigenvalue weighted by Gasteiger charge is 2.11. The van der Waals surface area contributed by atoms with Crippen molar-refractivity contribution in [1.82, 2.24) is 0 Å². The molecule has 0 saturated carbocycles. The van der Waals surface area contributed by atoms with Gasteiger partial charge in [-0.2, -0.15) is 0 Å². The molecule has 0 aliphatic heterocycles. The van der Waals surface area contributed by atoms with Crippen LogP contribution in [-0.2, 0) is 14.3 Å². The molecule has 84 valence electrons. The van der Waals surface area contributed by atoms with E-state index >= 15 is 0 Å². The molecule has 0 unspecified atom stereocenters. The maximum absolute atomic E-state index is 10.3. The molecule has 0 saturated heterocycles. The van der Waals surface area contributed by atoms with Crippen molar-refractivity contribution >= 4 is 5.97 Å². The predicted octanol–water partition coefficient (Wildman–Crippen LogP) is 1.68. The maximum atomic E-state index is 10.3. The Labute approximate surface area is 85.2 Å². The molecule has 0 rings (SSSR count). The number of ether oxygens (including phenoxy) is 2. The van der Waals surface area contributed by atoms with E-state index in [-0.39, 0.29) is 18.1 Å². The van der Waals surface area contributed by atoms with E-state index in [9.17, 15) is 4.79 Å².